The van der Waals surface area contributed by atoms with E-state index in [1.165, 1.54) is 37.7 Å². The molecule has 1 amide bonds. The minimum Gasteiger partial charge on any atom is -0.324 e. The summed E-state index contributed by atoms with van der Waals surface area (Å²) in [4.78, 5) is 14.9. The van der Waals surface area contributed by atoms with Crippen molar-refractivity contribution in [2.45, 2.75) is 51.0 Å². The van der Waals surface area contributed by atoms with E-state index in [1.54, 1.807) is 0 Å². The van der Waals surface area contributed by atoms with Crippen LogP contribution in [-0.4, -0.2) is 29.9 Å². The summed E-state index contributed by atoms with van der Waals surface area (Å²) in [6, 6.07) is 8.26. The van der Waals surface area contributed by atoms with Crippen molar-refractivity contribution in [1.29, 1.82) is 0 Å². The number of nitrogens with zero attached hydrogens (tertiary/aromatic N) is 1. The Morgan fingerprint density at radius 1 is 1.00 bits per heavy atom. The van der Waals surface area contributed by atoms with Crippen molar-refractivity contribution in [2.75, 3.05) is 18.4 Å². The lowest BCUT2D eigenvalue weighted by Crippen LogP contribution is -2.45. The number of aryl methyl sites for hydroxylation is 1. The van der Waals surface area contributed by atoms with Crippen LogP contribution in [-0.2, 0) is 11.2 Å². The van der Waals surface area contributed by atoms with Crippen LogP contribution >= 0.6 is 0 Å². The summed E-state index contributed by atoms with van der Waals surface area (Å²) in [7, 11) is 0. The lowest BCUT2D eigenvalue weighted by Gasteiger charge is -2.31. The number of anilines is 1. The summed E-state index contributed by atoms with van der Waals surface area (Å²) in [5.41, 5.74) is 2.28. The van der Waals surface area contributed by atoms with E-state index in [2.05, 4.69) is 22.3 Å². The minimum atomic E-state index is 0.0560. The maximum Gasteiger partial charge on any atom is 0.241 e. The van der Waals surface area contributed by atoms with Gasteiger partial charge in [0.1, 0.15) is 0 Å². The van der Waals surface area contributed by atoms with Crippen LogP contribution in [0.15, 0.2) is 24.3 Å². The van der Waals surface area contributed by atoms with Crippen LogP contribution in [0.3, 0.4) is 0 Å². The quantitative estimate of drug-likeness (QED) is 0.851. The molecule has 0 aliphatic carbocycles. The normalized spacial score (nSPS) is 25.0. The predicted molar refractivity (Wildman–Crippen MR) is 81.8 cm³/mol. The molecule has 1 saturated heterocycles. The van der Waals surface area contributed by atoms with Crippen molar-refractivity contribution in [1.82, 2.24) is 4.90 Å². The number of rotatable bonds is 1. The number of carbonyl (C=O) groups excluding carboxylic acids is 1. The van der Waals surface area contributed by atoms with E-state index in [0.717, 1.165) is 31.6 Å². The number of hydrogen-bond acceptors (Lipinski definition) is 2. The number of benzene rings is 1. The predicted octanol–water partition coefficient (Wildman–Crippen LogP) is 3.21. The van der Waals surface area contributed by atoms with E-state index in [1.807, 2.05) is 12.1 Å². The first-order chi connectivity index (χ1) is 9.84. The summed E-state index contributed by atoms with van der Waals surface area (Å²) >= 11 is 0. The molecule has 0 aromatic heterocycles. The number of nitrogens with one attached hydrogen (secondary N) is 1. The second kappa shape index (κ2) is 6.40. The molecule has 2 aliphatic heterocycles. The van der Waals surface area contributed by atoms with Gasteiger partial charge in [0.15, 0.2) is 0 Å². The van der Waals surface area contributed by atoms with Gasteiger partial charge >= 0.3 is 0 Å². The standard InChI is InChI=1S/C17H24N2O/c20-17-16(19-12-6-2-1-3-7-13-19)11-10-14-8-4-5-9-15(14)18-17/h4-5,8-9,16H,1-3,6-7,10-13H2,(H,18,20). The monoisotopic (exact) mass is 272 g/mol. The molecule has 3 heteroatoms. The highest BCUT2D eigenvalue weighted by atomic mass is 16.2. The average Bonchev–Trinajstić information content (AvgIpc) is 2.58. The molecule has 0 radical (unpaired) electrons. The van der Waals surface area contributed by atoms with Crippen LogP contribution in [0.5, 0.6) is 0 Å². The van der Waals surface area contributed by atoms with Crippen molar-refractivity contribution < 1.29 is 4.79 Å². The van der Waals surface area contributed by atoms with Crippen molar-refractivity contribution in [3.8, 4) is 0 Å². The topological polar surface area (TPSA) is 32.3 Å². The lowest BCUT2D eigenvalue weighted by atomic mass is 10.0. The van der Waals surface area contributed by atoms with Crippen molar-refractivity contribution in [3.05, 3.63) is 29.8 Å². The molecule has 1 unspecified atom stereocenters. The smallest absolute Gasteiger partial charge is 0.241 e. The average molecular weight is 272 g/mol. The van der Waals surface area contributed by atoms with Gasteiger partial charge in [-0.1, -0.05) is 37.5 Å². The summed E-state index contributed by atoms with van der Waals surface area (Å²) in [5, 5.41) is 3.13. The van der Waals surface area contributed by atoms with Crippen LogP contribution in [0.2, 0.25) is 0 Å². The fourth-order valence-electron chi connectivity index (χ4n) is 3.43. The van der Waals surface area contributed by atoms with Crippen LogP contribution in [0, 0.1) is 0 Å². The minimum absolute atomic E-state index is 0.0560. The number of hydrogen-bond donors (Lipinski definition) is 1. The molecule has 3 rings (SSSR count). The summed E-state index contributed by atoms with van der Waals surface area (Å²) in [5.74, 6) is 0.190. The Bertz CT molecular complexity index is 464. The molecule has 1 N–H and O–H groups in total. The van der Waals surface area contributed by atoms with Crippen molar-refractivity contribution >= 4 is 11.6 Å². The van der Waals surface area contributed by atoms with Gasteiger partial charge in [0.25, 0.3) is 0 Å². The third kappa shape index (κ3) is 3.04. The molecule has 1 fully saturated rings. The Labute approximate surface area is 121 Å². The van der Waals surface area contributed by atoms with E-state index in [-0.39, 0.29) is 11.9 Å². The molecule has 3 nitrogen and oxygen atoms in total. The van der Waals surface area contributed by atoms with Crippen LogP contribution in [0.1, 0.15) is 44.1 Å². The van der Waals surface area contributed by atoms with Crippen LogP contribution in [0.25, 0.3) is 0 Å². The lowest BCUT2D eigenvalue weighted by molar-refractivity contribution is -0.121. The molecule has 2 heterocycles. The Morgan fingerprint density at radius 3 is 2.50 bits per heavy atom. The van der Waals surface area contributed by atoms with Gasteiger partial charge in [-0.05, 0) is 50.4 Å². The van der Waals surface area contributed by atoms with Crippen molar-refractivity contribution in [3.63, 3.8) is 0 Å². The number of carbonyl (C=O) groups is 1. The third-order valence-electron chi connectivity index (χ3n) is 4.60. The largest absolute Gasteiger partial charge is 0.324 e. The Balaban J connectivity index is 1.73. The van der Waals surface area contributed by atoms with E-state index in [0.29, 0.717) is 0 Å². The molecule has 1 atom stereocenters. The first-order valence-corrected chi connectivity index (χ1v) is 7.97. The summed E-state index contributed by atoms with van der Waals surface area (Å²) in [6.07, 6.45) is 8.39. The van der Waals surface area contributed by atoms with E-state index in [4.69, 9.17) is 0 Å². The number of fused-ring (bicyclic) bond motifs is 1. The van der Waals surface area contributed by atoms with Gasteiger partial charge < -0.3 is 5.32 Å². The van der Waals surface area contributed by atoms with E-state index >= 15 is 0 Å². The van der Waals surface area contributed by atoms with Gasteiger partial charge in [0.05, 0.1) is 6.04 Å². The number of amides is 1. The first-order valence-electron chi connectivity index (χ1n) is 7.97. The molecular formula is C17H24N2O. The van der Waals surface area contributed by atoms with Crippen molar-refractivity contribution in [2.24, 2.45) is 0 Å². The maximum absolute atomic E-state index is 12.5. The molecule has 20 heavy (non-hydrogen) atoms. The van der Waals surface area contributed by atoms with Crippen LogP contribution in [0.4, 0.5) is 5.69 Å². The van der Waals surface area contributed by atoms with Gasteiger partial charge in [-0.3, -0.25) is 9.69 Å². The molecular weight excluding hydrogens is 248 g/mol. The summed E-state index contributed by atoms with van der Waals surface area (Å²) in [6.45, 7) is 2.16. The van der Waals surface area contributed by atoms with Gasteiger partial charge in [-0.15, -0.1) is 0 Å². The zero-order valence-corrected chi connectivity index (χ0v) is 12.1. The third-order valence-corrected chi connectivity index (χ3v) is 4.60. The summed E-state index contributed by atoms with van der Waals surface area (Å²) < 4.78 is 0. The molecule has 0 spiro atoms. The van der Waals surface area contributed by atoms with Gasteiger partial charge in [0, 0.05) is 5.69 Å². The highest BCUT2D eigenvalue weighted by molar-refractivity contribution is 5.96. The fourth-order valence-corrected chi connectivity index (χ4v) is 3.43. The Kier molecular flexibility index (Phi) is 4.36. The molecule has 0 saturated carbocycles. The van der Waals surface area contributed by atoms with Crippen LogP contribution < -0.4 is 5.32 Å². The Morgan fingerprint density at radius 2 is 1.70 bits per heavy atom. The molecule has 2 aliphatic rings. The van der Waals surface area contributed by atoms with Gasteiger partial charge in [-0.2, -0.15) is 0 Å². The number of likely N-dealkylation sites (tertiary alicyclic amines) is 1. The fraction of sp³-hybridized carbons (Fsp3) is 0.588. The molecule has 0 bridgehead atoms. The first kappa shape index (κ1) is 13.6. The zero-order valence-electron chi connectivity index (χ0n) is 12.1. The highest BCUT2D eigenvalue weighted by Crippen LogP contribution is 2.24. The second-order valence-corrected chi connectivity index (χ2v) is 6.00. The number of para-hydroxylation sites is 1. The zero-order chi connectivity index (χ0) is 13.8. The molecule has 1 aromatic carbocycles. The highest BCUT2D eigenvalue weighted by Gasteiger charge is 2.28. The molecule has 108 valence electrons. The van der Waals surface area contributed by atoms with Gasteiger partial charge in [0.2, 0.25) is 5.91 Å². The maximum atomic E-state index is 12.5. The van der Waals surface area contributed by atoms with E-state index < -0.39 is 0 Å². The Hall–Kier alpha value is -1.35. The van der Waals surface area contributed by atoms with E-state index in [9.17, 15) is 4.79 Å². The second-order valence-electron chi connectivity index (χ2n) is 6.00. The van der Waals surface area contributed by atoms with Gasteiger partial charge in [-0.25, -0.2) is 0 Å². The SMILES string of the molecule is O=C1Nc2ccccc2CCC1N1CCCCCCC1. The molecule has 1 aromatic rings.